The summed E-state index contributed by atoms with van der Waals surface area (Å²) in [5.74, 6) is -1.51. The van der Waals surface area contributed by atoms with Crippen molar-refractivity contribution >= 4 is 27.6 Å². The molecule has 0 radical (unpaired) electrons. The van der Waals surface area contributed by atoms with Crippen molar-refractivity contribution in [3.05, 3.63) is 36.3 Å². The lowest BCUT2D eigenvalue weighted by atomic mass is 10.1. The maximum atomic E-state index is 14.7. The molecule has 1 amide bonds. The van der Waals surface area contributed by atoms with Crippen molar-refractivity contribution in [2.75, 3.05) is 49.0 Å². The number of likely N-dealkylation sites (N-methyl/N-ethyl adjacent to an activating group) is 1. The highest BCUT2D eigenvalue weighted by Crippen LogP contribution is 2.37. The van der Waals surface area contributed by atoms with Crippen molar-refractivity contribution in [3.8, 4) is 16.9 Å². The van der Waals surface area contributed by atoms with E-state index in [4.69, 9.17) is 0 Å². The first-order valence-corrected chi connectivity index (χ1v) is 10.4. The van der Waals surface area contributed by atoms with E-state index in [1.54, 1.807) is 17.0 Å². The van der Waals surface area contributed by atoms with Gasteiger partial charge in [-0.15, -0.1) is 0 Å². The molecule has 2 aliphatic rings. The largest absolute Gasteiger partial charge is 0.506 e. The highest BCUT2D eigenvalue weighted by Gasteiger charge is 2.37. The second kappa shape index (κ2) is 7.16. The number of carbonyl (C=O) groups is 1. The predicted octanol–water partition coefficient (Wildman–Crippen LogP) is 0.526. The number of aromatic hydroxyl groups is 1. The van der Waals surface area contributed by atoms with Crippen LogP contribution in [0.15, 0.2) is 30.5 Å². The molecule has 2 saturated heterocycles. The van der Waals surface area contributed by atoms with E-state index >= 15 is 0 Å². The third-order valence-corrected chi connectivity index (χ3v) is 6.40. The minimum absolute atomic E-state index is 0.344. The number of aromatic nitrogens is 1. The number of amides is 1. The van der Waals surface area contributed by atoms with Crippen molar-refractivity contribution in [1.29, 1.82) is 0 Å². The molecule has 4 rings (SSSR count). The number of anilines is 2. The molecule has 0 atom stereocenters. The average molecular weight is 421 g/mol. The lowest BCUT2D eigenvalue weighted by Crippen LogP contribution is -2.44. The van der Waals surface area contributed by atoms with E-state index in [1.807, 2.05) is 6.07 Å². The zero-order valence-electron chi connectivity index (χ0n) is 15.7. The van der Waals surface area contributed by atoms with Crippen LogP contribution in [0.4, 0.5) is 15.9 Å². The fraction of sp³-hybridized carbons (Fsp3) is 0.333. The van der Waals surface area contributed by atoms with Gasteiger partial charge in [-0.05, 0) is 36.9 Å². The van der Waals surface area contributed by atoms with Gasteiger partial charge in [0, 0.05) is 37.9 Å². The van der Waals surface area contributed by atoms with Gasteiger partial charge in [-0.2, -0.15) is 8.42 Å². The minimum atomic E-state index is -4.22. The fourth-order valence-electron chi connectivity index (χ4n) is 3.42. The van der Waals surface area contributed by atoms with E-state index in [0.717, 1.165) is 38.1 Å². The molecule has 3 heterocycles. The molecule has 0 aliphatic carbocycles. The van der Waals surface area contributed by atoms with Gasteiger partial charge in [0.2, 0.25) is 0 Å². The highest BCUT2D eigenvalue weighted by molar-refractivity contribution is 7.92. The number of hydrogen-bond acceptors (Lipinski definition) is 7. The van der Waals surface area contributed by atoms with E-state index in [1.165, 1.54) is 6.07 Å². The first kappa shape index (κ1) is 19.4. The summed E-state index contributed by atoms with van der Waals surface area (Å²) in [4.78, 5) is 20.2. The lowest BCUT2D eigenvalue weighted by molar-refractivity contribution is -0.117. The molecule has 2 N–H and O–H groups in total. The van der Waals surface area contributed by atoms with Crippen molar-refractivity contribution in [2.24, 2.45) is 0 Å². The molecule has 1 aromatic carbocycles. The third kappa shape index (κ3) is 3.70. The van der Waals surface area contributed by atoms with Crippen LogP contribution in [0, 0.1) is 5.82 Å². The summed E-state index contributed by atoms with van der Waals surface area (Å²) in [7, 11) is -2.15. The standard InChI is InChI=1S/C18H20FN5O4S/c1-22-4-6-23(7-5-22)16-3-2-12(10-20-16)13-8-14(19)18(15(25)9-13)24-11-17(26)21-29(24,27)28/h2-3,8-10,25H,4-7,11H2,1H3,(H,21,26). The molecule has 0 unspecified atom stereocenters. The topological polar surface area (TPSA) is 106 Å². The Bertz CT molecular complexity index is 1030. The van der Waals surface area contributed by atoms with Gasteiger partial charge in [0.05, 0.1) is 0 Å². The Morgan fingerprint density at radius 3 is 2.41 bits per heavy atom. The van der Waals surface area contributed by atoms with E-state index in [2.05, 4.69) is 21.8 Å². The van der Waals surface area contributed by atoms with Gasteiger partial charge in [0.15, 0.2) is 5.82 Å². The summed E-state index contributed by atoms with van der Waals surface area (Å²) < 4.78 is 40.8. The van der Waals surface area contributed by atoms with Crippen LogP contribution in [0.3, 0.4) is 0 Å². The third-order valence-electron chi connectivity index (χ3n) is 5.02. The maximum absolute atomic E-state index is 14.7. The Morgan fingerprint density at radius 2 is 1.86 bits per heavy atom. The number of piperazine rings is 1. The monoisotopic (exact) mass is 421 g/mol. The molecule has 0 saturated carbocycles. The molecule has 1 aromatic heterocycles. The number of benzene rings is 1. The van der Waals surface area contributed by atoms with E-state index in [9.17, 15) is 22.7 Å². The number of phenolic OH excluding ortho intramolecular Hbond substituents is 1. The summed E-state index contributed by atoms with van der Waals surface area (Å²) in [5.41, 5.74) is 0.355. The predicted molar refractivity (Wildman–Crippen MR) is 105 cm³/mol. The molecular formula is C18H20FN5O4S. The van der Waals surface area contributed by atoms with Crippen LogP contribution < -0.4 is 13.9 Å². The van der Waals surface area contributed by atoms with E-state index in [-0.39, 0.29) is 0 Å². The highest BCUT2D eigenvalue weighted by atomic mass is 32.2. The molecule has 9 nitrogen and oxygen atoms in total. The fourth-order valence-corrected chi connectivity index (χ4v) is 4.59. The quantitative estimate of drug-likeness (QED) is 0.745. The number of carbonyl (C=O) groups excluding carboxylic acids is 1. The van der Waals surface area contributed by atoms with Crippen LogP contribution in [-0.2, 0) is 15.0 Å². The number of hydrogen-bond donors (Lipinski definition) is 2. The normalized spacial score (nSPS) is 19.4. The van der Waals surface area contributed by atoms with Crippen LogP contribution in [0.2, 0.25) is 0 Å². The number of pyridine rings is 1. The number of halogens is 1. The van der Waals surface area contributed by atoms with Gasteiger partial charge in [0.1, 0.15) is 23.8 Å². The Morgan fingerprint density at radius 1 is 1.14 bits per heavy atom. The molecule has 2 aromatic rings. The smallest absolute Gasteiger partial charge is 0.326 e. The average Bonchev–Trinajstić information content (AvgIpc) is 2.94. The number of rotatable bonds is 3. The van der Waals surface area contributed by atoms with Crippen LogP contribution in [0.25, 0.3) is 11.1 Å². The lowest BCUT2D eigenvalue weighted by Gasteiger charge is -2.33. The summed E-state index contributed by atoms with van der Waals surface area (Å²) in [6.45, 7) is 3.03. The molecule has 0 bridgehead atoms. The Labute approximate surface area is 167 Å². The van der Waals surface area contributed by atoms with Gasteiger partial charge < -0.3 is 14.9 Å². The van der Waals surface area contributed by atoms with Crippen molar-refractivity contribution in [1.82, 2.24) is 14.6 Å². The van der Waals surface area contributed by atoms with E-state index < -0.39 is 39.9 Å². The second-order valence-electron chi connectivity index (χ2n) is 7.06. The van der Waals surface area contributed by atoms with Gasteiger partial charge in [-0.25, -0.2) is 18.4 Å². The van der Waals surface area contributed by atoms with Gasteiger partial charge in [0.25, 0.3) is 5.91 Å². The van der Waals surface area contributed by atoms with Gasteiger partial charge in [-0.3, -0.25) is 4.79 Å². The van der Waals surface area contributed by atoms with Gasteiger partial charge >= 0.3 is 10.2 Å². The summed E-state index contributed by atoms with van der Waals surface area (Å²) in [6.07, 6.45) is 1.58. The molecule has 11 heteroatoms. The number of nitrogens with zero attached hydrogens (tertiary/aromatic N) is 4. The number of phenols is 1. The second-order valence-corrected chi connectivity index (χ2v) is 8.65. The minimum Gasteiger partial charge on any atom is -0.506 e. The Kier molecular flexibility index (Phi) is 4.79. The van der Waals surface area contributed by atoms with Crippen LogP contribution >= 0.6 is 0 Å². The number of nitrogens with one attached hydrogen (secondary N) is 1. The Hall–Kier alpha value is -2.92. The zero-order valence-corrected chi connectivity index (χ0v) is 16.5. The molecule has 0 spiro atoms. The molecule has 2 fully saturated rings. The van der Waals surface area contributed by atoms with E-state index in [0.29, 0.717) is 15.4 Å². The molecule has 2 aliphatic heterocycles. The van der Waals surface area contributed by atoms with Crippen LogP contribution in [-0.4, -0.2) is 69.1 Å². The molecule has 154 valence electrons. The van der Waals surface area contributed by atoms with Gasteiger partial charge in [-0.1, -0.05) is 0 Å². The first-order valence-electron chi connectivity index (χ1n) is 9.00. The SMILES string of the molecule is CN1CCN(c2ccc(-c3cc(O)c(N4CC(=O)NS4(=O)=O)c(F)c3)cn2)CC1. The van der Waals surface area contributed by atoms with Crippen LogP contribution in [0.1, 0.15) is 0 Å². The van der Waals surface area contributed by atoms with Crippen molar-refractivity contribution < 1.29 is 22.7 Å². The van der Waals surface area contributed by atoms with Crippen LogP contribution in [0.5, 0.6) is 5.75 Å². The molecular weight excluding hydrogens is 401 g/mol. The van der Waals surface area contributed by atoms with Crippen molar-refractivity contribution in [3.63, 3.8) is 0 Å². The maximum Gasteiger partial charge on any atom is 0.326 e. The van der Waals surface area contributed by atoms with Crippen molar-refractivity contribution in [2.45, 2.75) is 0 Å². The zero-order chi connectivity index (χ0) is 20.8. The summed E-state index contributed by atoms with van der Waals surface area (Å²) >= 11 is 0. The molecule has 29 heavy (non-hydrogen) atoms. The summed E-state index contributed by atoms with van der Waals surface area (Å²) in [5, 5.41) is 10.3. The summed E-state index contributed by atoms with van der Waals surface area (Å²) in [6, 6.07) is 5.96. The Balaban J connectivity index is 1.61. The first-order chi connectivity index (χ1) is 13.7.